The van der Waals surface area contributed by atoms with Gasteiger partial charge in [0, 0.05) is 0 Å². The average molecular weight is 163 g/mol. The van der Waals surface area contributed by atoms with Gasteiger partial charge in [0.05, 0.1) is 0 Å². The molecule has 0 spiro atoms. The maximum atomic E-state index is 3.27. The molecule has 1 aromatic carbocycles. The Morgan fingerprint density at radius 1 is 1.00 bits per heavy atom. The second-order valence-electron chi connectivity index (χ2n) is 3.25. The Morgan fingerprint density at radius 3 is 1.67 bits per heavy atom. The maximum Gasteiger partial charge on any atom is -0.00227 e. The standard InChI is InChI=1S/C6H6.C5H11N/c1-2-4-6-5-3-1;1-5-2-3-6-4-5/h1-6H;5-6H,2-4H2,1H3. The normalized spacial score (nSPS) is 21.2. The van der Waals surface area contributed by atoms with Crippen LogP contribution in [0.2, 0.25) is 0 Å². The third-order valence-electron chi connectivity index (χ3n) is 1.97. The lowest BCUT2D eigenvalue weighted by Gasteiger charge is -1.90. The minimum Gasteiger partial charge on any atom is -0.316 e. The van der Waals surface area contributed by atoms with Gasteiger partial charge in [-0.1, -0.05) is 43.3 Å². The summed E-state index contributed by atoms with van der Waals surface area (Å²) >= 11 is 0. The molecule has 1 unspecified atom stereocenters. The molecule has 12 heavy (non-hydrogen) atoms. The minimum atomic E-state index is 0.935. The van der Waals surface area contributed by atoms with E-state index in [1.807, 2.05) is 36.4 Å². The largest absolute Gasteiger partial charge is 0.316 e. The van der Waals surface area contributed by atoms with Gasteiger partial charge in [0.25, 0.3) is 0 Å². The highest BCUT2D eigenvalue weighted by Crippen LogP contribution is 2.03. The summed E-state index contributed by atoms with van der Waals surface area (Å²) in [5, 5.41) is 3.27. The average Bonchev–Trinajstić information content (AvgIpc) is 2.60. The van der Waals surface area contributed by atoms with Gasteiger partial charge in [-0.2, -0.15) is 0 Å². The van der Waals surface area contributed by atoms with Crippen LogP contribution in [0.5, 0.6) is 0 Å². The van der Waals surface area contributed by atoms with E-state index in [1.165, 1.54) is 19.5 Å². The van der Waals surface area contributed by atoms with Crippen LogP contribution in [-0.4, -0.2) is 13.1 Å². The van der Waals surface area contributed by atoms with Crippen LogP contribution in [0.4, 0.5) is 0 Å². The van der Waals surface area contributed by atoms with Crippen LogP contribution >= 0.6 is 0 Å². The smallest absolute Gasteiger partial charge is 0.00227 e. The summed E-state index contributed by atoms with van der Waals surface area (Å²) in [6.07, 6.45) is 1.38. The summed E-state index contributed by atoms with van der Waals surface area (Å²) in [7, 11) is 0. The van der Waals surface area contributed by atoms with Gasteiger partial charge < -0.3 is 5.32 Å². The van der Waals surface area contributed by atoms with Crippen LogP contribution in [0.15, 0.2) is 36.4 Å². The molecule has 0 aliphatic carbocycles. The van der Waals surface area contributed by atoms with Crippen molar-refractivity contribution in [3.05, 3.63) is 36.4 Å². The predicted octanol–water partition coefficient (Wildman–Crippen LogP) is 2.30. The third kappa shape index (κ3) is 4.14. The number of benzene rings is 1. The molecule has 2 rings (SSSR count). The van der Waals surface area contributed by atoms with Crippen molar-refractivity contribution in [1.29, 1.82) is 0 Å². The molecule has 1 N–H and O–H groups in total. The molecule has 1 aliphatic rings. The van der Waals surface area contributed by atoms with Crippen LogP contribution < -0.4 is 5.32 Å². The zero-order valence-electron chi connectivity index (χ0n) is 7.66. The second kappa shape index (κ2) is 5.78. The van der Waals surface area contributed by atoms with E-state index in [-0.39, 0.29) is 0 Å². The monoisotopic (exact) mass is 163 g/mol. The summed E-state index contributed by atoms with van der Waals surface area (Å²) in [6, 6.07) is 12.0. The molecule has 0 bridgehead atoms. The summed E-state index contributed by atoms with van der Waals surface area (Å²) in [5.41, 5.74) is 0. The molecular weight excluding hydrogens is 146 g/mol. The fraction of sp³-hybridized carbons (Fsp3) is 0.455. The van der Waals surface area contributed by atoms with Crippen molar-refractivity contribution in [2.45, 2.75) is 13.3 Å². The van der Waals surface area contributed by atoms with Gasteiger partial charge in [-0.25, -0.2) is 0 Å². The quantitative estimate of drug-likeness (QED) is 0.619. The number of hydrogen-bond acceptors (Lipinski definition) is 1. The first-order valence-electron chi connectivity index (χ1n) is 4.60. The van der Waals surface area contributed by atoms with E-state index in [1.54, 1.807) is 0 Å². The lowest BCUT2D eigenvalue weighted by Crippen LogP contribution is -2.06. The van der Waals surface area contributed by atoms with Crippen LogP contribution in [0.25, 0.3) is 0 Å². The van der Waals surface area contributed by atoms with Crippen molar-refractivity contribution in [2.75, 3.05) is 13.1 Å². The Morgan fingerprint density at radius 2 is 1.50 bits per heavy atom. The molecule has 1 heterocycles. The Bertz CT molecular complexity index is 151. The highest BCUT2D eigenvalue weighted by Gasteiger charge is 2.06. The first-order valence-corrected chi connectivity index (χ1v) is 4.60. The van der Waals surface area contributed by atoms with Crippen molar-refractivity contribution >= 4 is 0 Å². The lowest BCUT2D eigenvalue weighted by molar-refractivity contribution is 0.651. The highest BCUT2D eigenvalue weighted by atomic mass is 14.9. The van der Waals surface area contributed by atoms with E-state index in [9.17, 15) is 0 Å². The molecular formula is C11H17N. The highest BCUT2D eigenvalue weighted by molar-refractivity contribution is 4.99. The summed E-state index contributed by atoms with van der Waals surface area (Å²) < 4.78 is 0. The third-order valence-corrected chi connectivity index (χ3v) is 1.97. The molecule has 1 fully saturated rings. The van der Waals surface area contributed by atoms with Crippen LogP contribution in [0.3, 0.4) is 0 Å². The lowest BCUT2D eigenvalue weighted by atomic mass is 10.2. The molecule has 1 heteroatoms. The van der Waals surface area contributed by atoms with Crippen molar-refractivity contribution in [2.24, 2.45) is 5.92 Å². The molecule has 0 amide bonds. The molecule has 1 atom stereocenters. The minimum absolute atomic E-state index is 0.935. The number of rotatable bonds is 0. The van der Waals surface area contributed by atoms with Crippen LogP contribution in [-0.2, 0) is 0 Å². The van der Waals surface area contributed by atoms with Gasteiger partial charge in [0.15, 0.2) is 0 Å². The van der Waals surface area contributed by atoms with E-state index in [0.717, 1.165) is 5.92 Å². The Hall–Kier alpha value is -0.820. The number of hydrogen-bond donors (Lipinski definition) is 1. The summed E-state index contributed by atoms with van der Waals surface area (Å²) in [4.78, 5) is 0. The summed E-state index contributed by atoms with van der Waals surface area (Å²) in [6.45, 7) is 4.75. The maximum absolute atomic E-state index is 3.27. The SMILES string of the molecule is CC1CCNC1.c1ccccc1. The Labute approximate surface area is 74.8 Å². The van der Waals surface area contributed by atoms with E-state index >= 15 is 0 Å². The van der Waals surface area contributed by atoms with Gasteiger partial charge in [0.2, 0.25) is 0 Å². The van der Waals surface area contributed by atoms with Crippen molar-refractivity contribution in [3.8, 4) is 0 Å². The first-order chi connectivity index (χ1) is 5.89. The van der Waals surface area contributed by atoms with Gasteiger partial charge in [-0.3, -0.25) is 0 Å². The van der Waals surface area contributed by atoms with Crippen molar-refractivity contribution < 1.29 is 0 Å². The molecule has 0 saturated carbocycles. The van der Waals surface area contributed by atoms with E-state index in [4.69, 9.17) is 0 Å². The van der Waals surface area contributed by atoms with Crippen LogP contribution in [0, 0.1) is 5.92 Å². The van der Waals surface area contributed by atoms with Crippen LogP contribution in [0.1, 0.15) is 13.3 Å². The first kappa shape index (κ1) is 9.27. The van der Waals surface area contributed by atoms with Gasteiger partial charge in [0.1, 0.15) is 0 Å². The summed E-state index contributed by atoms with van der Waals surface area (Å²) in [5.74, 6) is 0.935. The Kier molecular flexibility index (Phi) is 4.47. The molecule has 1 aliphatic heterocycles. The molecule has 1 saturated heterocycles. The Balaban J connectivity index is 0.000000120. The van der Waals surface area contributed by atoms with Crippen molar-refractivity contribution in [1.82, 2.24) is 5.32 Å². The molecule has 66 valence electrons. The van der Waals surface area contributed by atoms with E-state index in [2.05, 4.69) is 12.2 Å². The fourth-order valence-electron chi connectivity index (χ4n) is 1.18. The van der Waals surface area contributed by atoms with Gasteiger partial charge in [-0.05, 0) is 25.4 Å². The number of nitrogens with one attached hydrogen (secondary N) is 1. The molecule has 0 aromatic heterocycles. The zero-order valence-corrected chi connectivity index (χ0v) is 7.66. The van der Waals surface area contributed by atoms with Gasteiger partial charge in [-0.15, -0.1) is 0 Å². The van der Waals surface area contributed by atoms with Crippen molar-refractivity contribution in [3.63, 3.8) is 0 Å². The predicted molar refractivity (Wildman–Crippen MR) is 53.1 cm³/mol. The molecule has 1 nitrogen and oxygen atoms in total. The van der Waals surface area contributed by atoms with Gasteiger partial charge >= 0.3 is 0 Å². The zero-order chi connectivity index (χ0) is 8.65. The topological polar surface area (TPSA) is 12.0 Å². The second-order valence-corrected chi connectivity index (χ2v) is 3.25. The van der Waals surface area contributed by atoms with E-state index < -0.39 is 0 Å². The molecule has 0 radical (unpaired) electrons. The fourth-order valence-corrected chi connectivity index (χ4v) is 1.18. The molecule has 1 aromatic rings. The van der Waals surface area contributed by atoms with E-state index in [0.29, 0.717) is 0 Å².